The lowest BCUT2D eigenvalue weighted by Gasteiger charge is -2.27. The van der Waals surface area contributed by atoms with Crippen molar-refractivity contribution in [2.75, 3.05) is 6.54 Å². The average Bonchev–Trinajstić information content (AvgIpc) is 3.14. The summed E-state index contributed by atoms with van der Waals surface area (Å²) in [7, 11) is 0. The minimum absolute atomic E-state index is 0.309. The summed E-state index contributed by atoms with van der Waals surface area (Å²) < 4.78 is 1.40. The summed E-state index contributed by atoms with van der Waals surface area (Å²) in [6.07, 6.45) is 3.88. The molecular weight excluding hydrogens is 226 g/mol. The molecule has 1 nitrogen and oxygen atoms in total. The van der Waals surface area contributed by atoms with Gasteiger partial charge in [0, 0.05) is 4.70 Å². The van der Waals surface area contributed by atoms with E-state index in [0.29, 0.717) is 5.41 Å². The maximum atomic E-state index is 6.01. The highest BCUT2D eigenvalue weighted by molar-refractivity contribution is 7.17. The molecule has 0 spiro atoms. The van der Waals surface area contributed by atoms with E-state index < -0.39 is 0 Å². The SMILES string of the molecule is CC(CN)(Cc1csc2ccccc12)C1CC1. The van der Waals surface area contributed by atoms with Crippen molar-refractivity contribution in [1.29, 1.82) is 0 Å². The Bertz CT molecular complexity index is 526. The summed E-state index contributed by atoms with van der Waals surface area (Å²) in [5.74, 6) is 0.853. The number of thiophene rings is 1. The van der Waals surface area contributed by atoms with Gasteiger partial charge in [-0.05, 0) is 59.5 Å². The molecule has 17 heavy (non-hydrogen) atoms. The van der Waals surface area contributed by atoms with Gasteiger partial charge in [-0.25, -0.2) is 0 Å². The van der Waals surface area contributed by atoms with E-state index >= 15 is 0 Å². The van der Waals surface area contributed by atoms with Crippen molar-refractivity contribution in [3.05, 3.63) is 35.2 Å². The smallest absolute Gasteiger partial charge is 0.0345 e. The third kappa shape index (κ3) is 2.00. The first kappa shape index (κ1) is 11.2. The molecule has 0 saturated heterocycles. The van der Waals surface area contributed by atoms with Crippen LogP contribution in [-0.4, -0.2) is 6.54 Å². The highest BCUT2D eigenvalue weighted by Crippen LogP contribution is 2.47. The molecule has 0 radical (unpaired) electrons. The van der Waals surface area contributed by atoms with Crippen LogP contribution < -0.4 is 5.73 Å². The molecule has 1 unspecified atom stereocenters. The highest BCUT2D eigenvalue weighted by atomic mass is 32.1. The van der Waals surface area contributed by atoms with Crippen LogP contribution in [0.5, 0.6) is 0 Å². The quantitative estimate of drug-likeness (QED) is 0.870. The maximum absolute atomic E-state index is 6.01. The average molecular weight is 245 g/mol. The second kappa shape index (κ2) is 4.11. The van der Waals surface area contributed by atoms with Crippen LogP contribution in [0.3, 0.4) is 0 Å². The molecule has 0 aliphatic heterocycles. The summed E-state index contributed by atoms with van der Waals surface area (Å²) in [6.45, 7) is 3.17. The van der Waals surface area contributed by atoms with Crippen LogP contribution in [-0.2, 0) is 6.42 Å². The van der Waals surface area contributed by atoms with Gasteiger partial charge in [-0.1, -0.05) is 25.1 Å². The van der Waals surface area contributed by atoms with Gasteiger partial charge in [0.1, 0.15) is 0 Å². The van der Waals surface area contributed by atoms with E-state index in [1.165, 1.54) is 28.5 Å². The molecule has 1 aromatic carbocycles. The second-order valence-corrected chi connectivity index (χ2v) is 6.48. The predicted octanol–water partition coefficient (Wildman–Crippen LogP) is 3.82. The minimum Gasteiger partial charge on any atom is -0.330 e. The van der Waals surface area contributed by atoms with Gasteiger partial charge in [0.15, 0.2) is 0 Å². The van der Waals surface area contributed by atoms with E-state index in [9.17, 15) is 0 Å². The van der Waals surface area contributed by atoms with E-state index in [1.54, 1.807) is 0 Å². The van der Waals surface area contributed by atoms with Crippen molar-refractivity contribution in [2.24, 2.45) is 17.1 Å². The number of fused-ring (bicyclic) bond motifs is 1. The Hall–Kier alpha value is -0.860. The first-order chi connectivity index (χ1) is 8.23. The number of hydrogen-bond acceptors (Lipinski definition) is 2. The summed E-state index contributed by atoms with van der Waals surface area (Å²) >= 11 is 1.86. The van der Waals surface area contributed by atoms with Gasteiger partial charge in [0.25, 0.3) is 0 Å². The van der Waals surface area contributed by atoms with Crippen LogP contribution in [0.4, 0.5) is 0 Å². The van der Waals surface area contributed by atoms with Gasteiger partial charge in [-0.3, -0.25) is 0 Å². The third-order valence-electron chi connectivity index (χ3n) is 4.18. The number of nitrogens with two attached hydrogens (primary N) is 1. The molecule has 1 fully saturated rings. The van der Waals surface area contributed by atoms with E-state index in [0.717, 1.165) is 18.9 Å². The number of benzene rings is 1. The standard InChI is InChI=1S/C15H19NS/c1-15(10-16,12-6-7-12)8-11-9-17-14-5-3-2-4-13(11)14/h2-5,9,12H,6-8,10,16H2,1H3. The Kier molecular flexibility index (Phi) is 2.72. The highest BCUT2D eigenvalue weighted by Gasteiger charge is 2.40. The minimum atomic E-state index is 0.309. The van der Waals surface area contributed by atoms with Gasteiger partial charge in [-0.2, -0.15) is 0 Å². The van der Waals surface area contributed by atoms with Crippen LogP contribution in [0.15, 0.2) is 29.6 Å². The molecule has 1 aliphatic rings. The lowest BCUT2D eigenvalue weighted by atomic mass is 9.79. The molecule has 2 N–H and O–H groups in total. The lowest BCUT2D eigenvalue weighted by molar-refractivity contribution is 0.283. The van der Waals surface area contributed by atoms with Crippen molar-refractivity contribution < 1.29 is 0 Å². The molecule has 0 amide bonds. The van der Waals surface area contributed by atoms with Gasteiger partial charge in [-0.15, -0.1) is 11.3 Å². The molecule has 90 valence electrons. The normalized spacial score (nSPS) is 19.4. The Balaban J connectivity index is 1.94. The van der Waals surface area contributed by atoms with Gasteiger partial charge < -0.3 is 5.73 Å². The molecule has 2 aromatic rings. The zero-order valence-electron chi connectivity index (χ0n) is 10.3. The monoisotopic (exact) mass is 245 g/mol. The van der Waals surface area contributed by atoms with Crippen molar-refractivity contribution in [1.82, 2.24) is 0 Å². The van der Waals surface area contributed by atoms with E-state index in [2.05, 4.69) is 36.6 Å². The Morgan fingerprint density at radius 1 is 1.35 bits per heavy atom. The zero-order chi connectivity index (χ0) is 11.9. The van der Waals surface area contributed by atoms with Crippen LogP contribution in [0.1, 0.15) is 25.3 Å². The first-order valence-corrected chi connectivity index (χ1v) is 7.26. The summed E-state index contributed by atoms with van der Waals surface area (Å²) in [5, 5.41) is 3.75. The lowest BCUT2D eigenvalue weighted by Crippen LogP contribution is -2.31. The zero-order valence-corrected chi connectivity index (χ0v) is 11.1. The molecule has 0 bridgehead atoms. The molecular formula is C15H19NS. The second-order valence-electron chi connectivity index (χ2n) is 5.57. The molecule has 1 atom stereocenters. The Morgan fingerprint density at radius 2 is 2.12 bits per heavy atom. The molecule has 3 rings (SSSR count). The van der Waals surface area contributed by atoms with E-state index in [-0.39, 0.29) is 0 Å². The van der Waals surface area contributed by atoms with Crippen LogP contribution in [0.25, 0.3) is 10.1 Å². The fraction of sp³-hybridized carbons (Fsp3) is 0.467. The van der Waals surface area contributed by atoms with Crippen molar-refractivity contribution in [3.8, 4) is 0 Å². The molecule has 1 saturated carbocycles. The van der Waals surface area contributed by atoms with Crippen LogP contribution in [0, 0.1) is 11.3 Å². The third-order valence-corrected chi connectivity index (χ3v) is 5.20. The topological polar surface area (TPSA) is 26.0 Å². The number of hydrogen-bond donors (Lipinski definition) is 1. The van der Waals surface area contributed by atoms with Crippen LogP contribution >= 0.6 is 11.3 Å². The van der Waals surface area contributed by atoms with Crippen molar-refractivity contribution in [3.63, 3.8) is 0 Å². The summed E-state index contributed by atoms with van der Waals surface area (Å²) in [4.78, 5) is 0. The van der Waals surface area contributed by atoms with Gasteiger partial charge >= 0.3 is 0 Å². The molecule has 2 heteroatoms. The van der Waals surface area contributed by atoms with E-state index in [1.807, 2.05) is 11.3 Å². The summed E-state index contributed by atoms with van der Waals surface area (Å²) in [6, 6.07) is 8.70. The fourth-order valence-electron chi connectivity index (χ4n) is 2.77. The van der Waals surface area contributed by atoms with Gasteiger partial charge in [0.05, 0.1) is 0 Å². The van der Waals surface area contributed by atoms with Crippen molar-refractivity contribution >= 4 is 21.4 Å². The maximum Gasteiger partial charge on any atom is 0.0345 e. The van der Waals surface area contributed by atoms with Crippen LogP contribution in [0.2, 0.25) is 0 Å². The molecule has 1 heterocycles. The number of rotatable bonds is 4. The fourth-order valence-corrected chi connectivity index (χ4v) is 3.73. The largest absolute Gasteiger partial charge is 0.330 e. The van der Waals surface area contributed by atoms with Gasteiger partial charge in [0.2, 0.25) is 0 Å². The molecule has 1 aliphatic carbocycles. The molecule has 1 aromatic heterocycles. The first-order valence-electron chi connectivity index (χ1n) is 6.38. The van der Waals surface area contributed by atoms with Crippen molar-refractivity contribution in [2.45, 2.75) is 26.2 Å². The summed E-state index contributed by atoms with van der Waals surface area (Å²) in [5.41, 5.74) is 7.81. The Labute approximate surface area is 107 Å². The predicted molar refractivity (Wildman–Crippen MR) is 75.4 cm³/mol. The van der Waals surface area contributed by atoms with E-state index in [4.69, 9.17) is 5.73 Å². The Morgan fingerprint density at radius 3 is 2.82 bits per heavy atom.